The number of rotatable bonds is 7. The van der Waals surface area contributed by atoms with Crippen LogP contribution in [0.2, 0.25) is 0 Å². The molecule has 0 saturated heterocycles. The highest BCUT2D eigenvalue weighted by Crippen LogP contribution is 2.55. The third kappa shape index (κ3) is 5.85. The molecule has 0 bridgehead atoms. The molecular weight excluding hydrogens is 683 g/mol. The summed E-state index contributed by atoms with van der Waals surface area (Å²) in [6.45, 7) is 0. The average molecular weight is 718 g/mol. The minimum absolute atomic E-state index is 0.553. The second-order valence-corrected chi connectivity index (χ2v) is 14.0. The summed E-state index contributed by atoms with van der Waals surface area (Å²) in [5, 5.41) is 0. The van der Waals surface area contributed by atoms with Gasteiger partial charge in [-0.2, -0.15) is 0 Å². The third-order valence-electron chi connectivity index (χ3n) is 10.7. The van der Waals surface area contributed by atoms with Crippen LogP contribution in [0.5, 0.6) is 11.5 Å². The fourth-order valence-electron chi connectivity index (χ4n) is 8.02. The van der Waals surface area contributed by atoms with Crippen LogP contribution in [0.1, 0.15) is 22.3 Å². The van der Waals surface area contributed by atoms with Crippen LogP contribution in [0.25, 0.3) is 56.4 Å². The maximum absolute atomic E-state index is 6.75. The average Bonchev–Trinajstić information content (AvgIpc) is 3.29. The zero-order chi connectivity index (χ0) is 37.3. The van der Waals surface area contributed by atoms with E-state index in [-0.39, 0.29) is 0 Å². The Morgan fingerprint density at radius 1 is 0.286 bits per heavy atom. The van der Waals surface area contributed by atoms with E-state index in [1.54, 1.807) is 0 Å². The highest BCUT2D eigenvalue weighted by Gasteiger charge is 2.45. The first kappa shape index (κ1) is 33.2. The van der Waals surface area contributed by atoms with E-state index in [4.69, 9.17) is 19.7 Å². The molecule has 1 aliphatic rings. The molecule has 1 aromatic heterocycles. The van der Waals surface area contributed by atoms with Gasteiger partial charge in [-0.1, -0.05) is 194 Å². The van der Waals surface area contributed by atoms with Crippen LogP contribution in [0.15, 0.2) is 212 Å². The fourth-order valence-corrected chi connectivity index (χ4v) is 8.02. The molecule has 4 heteroatoms. The molecule has 0 aliphatic carbocycles. The van der Waals surface area contributed by atoms with E-state index in [9.17, 15) is 0 Å². The van der Waals surface area contributed by atoms with Crippen LogP contribution in [-0.4, -0.2) is 15.0 Å². The van der Waals surface area contributed by atoms with Gasteiger partial charge in [0.2, 0.25) is 0 Å². The first-order valence-electron chi connectivity index (χ1n) is 18.9. The predicted octanol–water partition coefficient (Wildman–Crippen LogP) is 12.7. The van der Waals surface area contributed by atoms with Crippen molar-refractivity contribution >= 4 is 0 Å². The van der Waals surface area contributed by atoms with Gasteiger partial charge in [-0.15, -0.1) is 0 Å². The Kier molecular flexibility index (Phi) is 8.34. The smallest absolute Gasteiger partial charge is 0.164 e. The number of hydrogen-bond acceptors (Lipinski definition) is 4. The van der Waals surface area contributed by atoms with E-state index in [2.05, 4.69) is 170 Å². The Morgan fingerprint density at radius 2 is 0.696 bits per heavy atom. The molecule has 0 amide bonds. The summed E-state index contributed by atoms with van der Waals surface area (Å²) in [6, 6.07) is 73.9. The lowest BCUT2D eigenvalue weighted by Gasteiger charge is -2.41. The van der Waals surface area contributed by atoms with Crippen molar-refractivity contribution in [2.45, 2.75) is 5.41 Å². The first-order chi connectivity index (χ1) is 27.7. The molecule has 0 unspecified atom stereocenters. The summed E-state index contributed by atoms with van der Waals surface area (Å²) in [5.41, 5.74) is 11.2. The Hall–Kier alpha value is -7.43. The molecule has 56 heavy (non-hydrogen) atoms. The van der Waals surface area contributed by atoms with Gasteiger partial charge < -0.3 is 4.74 Å². The maximum Gasteiger partial charge on any atom is 0.164 e. The van der Waals surface area contributed by atoms with Crippen molar-refractivity contribution < 1.29 is 4.74 Å². The first-order valence-corrected chi connectivity index (χ1v) is 18.9. The lowest BCUT2D eigenvalue weighted by Crippen LogP contribution is -2.34. The lowest BCUT2D eigenvalue weighted by atomic mass is 9.63. The molecule has 0 atom stereocenters. The Morgan fingerprint density at radius 3 is 1.34 bits per heavy atom. The summed E-state index contributed by atoms with van der Waals surface area (Å²) in [4.78, 5) is 15.0. The topological polar surface area (TPSA) is 47.9 Å². The number of nitrogens with zero attached hydrogens (tertiary/aromatic N) is 3. The van der Waals surface area contributed by atoms with Crippen LogP contribution >= 0.6 is 0 Å². The van der Waals surface area contributed by atoms with Gasteiger partial charge in [-0.25, -0.2) is 15.0 Å². The summed E-state index contributed by atoms with van der Waals surface area (Å²) < 4.78 is 6.75. The molecule has 0 fully saturated rings. The number of ether oxygens (including phenoxy) is 1. The van der Waals surface area contributed by atoms with Crippen LogP contribution in [0.4, 0.5) is 0 Å². The SMILES string of the molecule is c1ccc(-c2cccc(-c3nc(-c4ccccc4)nc(-c4ccc(-c5ccc6c(c5)Oc5ccccc5C6(c5ccccc5)c5ccccc5)cc4)n3)c2)cc1. The molecular formula is C52H35N3O. The number of fused-ring (bicyclic) bond motifs is 2. The Balaban J connectivity index is 1.05. The summed E-state index contributed by atoms with van der Waals surface area (Å²) >= 11 is 0. The lowest BCUT2D eigenvalue weighted by molar-refractivity contribution is 0.435. The van der Waals surface area contributed by atoms with Crippen molar-refractivity contribution in [2.75, 3.05) is 0 Å². The molecule has 1 aliphatic heterocycles. The highest BCUT2D eigenvalue weighted by atomic mass is 16.5. The van der Waals surface area contributed by atoms with Crippen molar-refractivity contribution in [3.05, 3.63) is 235 Å². The van der Waals surface area contributed by atoms with E-state index in [0.29, 0.717) is 17.5 Å². The molecule has 264 valence electrons. The van der Waals surface area contributed by atoms with Crippen molar-refractivity contribution in [3.8, 4) is 67.9 Å². The monoisotopic (exact) mass is 717 g/mol. The zero-order valence-corrected chi connectivity index (χ0v) is 30.5. The normalized spacial score (nSPS) is 12.6. The molecule has 0 spiro atoms. The molecule has 0 radical (unpaired) electrons. The summed E-state index contributed by atoms with van der Waals surface area (Å²) in [7, 11) is 0. The van der Waals surface area contributed by atoms with Crippen molar-refractivity contribution in [1.82, 2.24) is 15.0 Å². The van der Waals surface area contributed by atoms with E-state index in [1.165, 1.54) is 11.1 Å². The van der Waals surface area contributed by atoms with Gasteiger partial charge in [-0.3, -0.25) is 0 Å². The van der Waals surface area contributed by atoms with Gasteiger partial charge >= 0.3 is 0 Å². The largest absolute Gasteiger partial charge is 0.457 e. The van der Waals surface area contributed by atoms with Crippen molar-refractivity contribution in [2.24, 2.45) is 0 Å². The van der Waals surface area contributed by atoms with Gasteiger partial charge in [0.15, 0.2) is 17.5 Å². The quantitative estimate of drug-likeness (QED) is 0.165. The molecule has 9 aromatic rings. The van der Waals surface area contributed by atoms with Crippen LogP contribution in [0.3, 0.4) is 0 Å². The van der Waals surface area contributed by atoms with Crippen LogP contribution < -0.4 is 4.74 Å². The highest BCUT2D eigenvalue weighted by molar-refractivity contribution is 5.76. The van der Waals surface area contributed by atoms with Gasteiger partial charge in [0.1, 0.15) is 11.5 Å². The second-order valence-electron chi connectivity index (χ2n) is 14.0. The van der Waals surface area contributed by atoms with E-state index < -0.39 is 5.41 Å². The van der Waals surface area contributed by atoms with Gasteiger partial charge in [-0.05, 0) is 51.6 Å². The maximum atomic E-state index is 6.75. The van der Waals surface area contributed by atoms with E-state index >= 15 is 0 Å². The van der Waals surface area contributed by atoms with E-state index in [0.717, 1.165) is 61.6 Å². The molecule has 2 heterocycles. The molecule has 10 rings (SSSR count). The number of benzene rings is 8. The fraction of sp³-hybridized carbons (Fsp3) is 0.0192. The second kappa shape index (κ2) is 14.1. The minimum atomic E-state index is -0.553. The third-order valence-corrected chi connectivity index (χ3v) is 10.7. The molecule has 8 aromatic carbocycles. The van der Waals surface area contributed by atoms with Gasteiger partial charge in [0.25, 0.3) is 0 Å². The Bertz CT molecular complexity index is 2770. The molecule has 0 saturated carbocycles. The molecule has 0 N–H and O–H groups in total. The predicted molar refractivity (Wildman–Crippen MR) is 225 cm³/mol. The van der Waals surface area contributed by atoms with E-state index in [1.807, 2.05) is 42.5 Å². The summed E-state index contributed by atoms with van der Waals surface area (Å²) in [6.07, 6.45) is 0. The minimum Gasteiger partial charge on any atom is -0.457 e. The standard InChI is InChI=1S/C52H35N3O/c1-5-16-36(17-6-1)40-20-15-21-42(34-40)51-54-49(38-18-7-2-8-19-38)53-50(55-51)39-30-28-37(29-31-39)41-32-33-46-48(35-41)56-47-27-14-13-26-45(47)52(46,43-22-9-3-10-23-43)44-24-11-4-12-25-44/h1-35H. The van der Waals surface area contributed by atoms with Crippen molar-refractivity contribution in [3.63, 3.8) is 0 Å². The number of para-hydroxylation sites is 1. The van der Waals surface area contributed by atoms with Gasteiger partial charge in [0.05, 0.1) is 5.41 Å². The molecule has 4 nitrogen and oxygen atoms in total. The van der Waals surface area contributed by atoms with Gasteiger partial charge in [0, 0.05) is 27.8 Å². The number of aromatic nitrogens is 3. The summed E-state index contributed by atoms with van der Waals surface area (Å²) in [5.74, 6) is 3.57. The Labute approximate surface area is 326 Å². The number of hydrogen-bond donors (Lipinski definition) is 0. The van der Waals surface area contributed by atoms with Crippen molar-refractivity contribution in [1.29, 1.82) is 0 Å². The zero-order valence-electron chi connectivity index (χ0n) is 30.5. The van der Waals surface area contributed by atoms with Crippen LogP contribution in [-0.2, 0) is 5.41 Å². The van der Waals surface area contributed by atoms with Crippen LogP contribution in [0, 0.1) is 0 Å².